The molecule has 1 aliphatic heterocycles. The molecule has 0 N–H and O–H groups in total. The fourth-order valence-electron chi connectivity index (χ4n) is 1.95. The van der Waals surface area contributed by atoms with Crippen LogP contribution < -0.4 is 0 Å². The van der Waals surface area contributed by atoms with Gasteiger partial charge in [-0.15, -0.1) is 0 Å². The van der Waals surface area contributed by atoms with Crippen molar-refractivity contribution in [3.05, 3.63) is 29.8 Å². The number of benzene rings is 1. The summed E-state index contributed by atoms with van der Waals surface area (Å²) in [6.07, 6.45) is 1.89. The van der Waals surface area contributed by atoms with E-state index in [1.165, 1.54) is 0 Å². The van der Waals surface area contributed by atoms with Crippen molar-refractivity contribution in [1.82, 2.24) is 0 Å². The van der Waals surface area contributed by atoms with Crippen LogP contribution in [0.15, 0.2) is 29.2 Å². The number of aryl methyl sites for hydroxylation is 1. The highest BCUT2D eigenvalue weighted by Crippen LogP contribution is 2.21. The van der Waals surface area contributed by atoms with Gasteiger partial charge in [-0.2, -0.15) is 8.42 Å². The van der Waals surface area contributed by atoms with Gasteiger partial charge in [-0.05, 0) is 38.8 Å². The van der Waals surface area contributed by atoms with Crippen LogP contribution >= 0.6 is 0 Å². The third-order valence-corrected chi connectivity index (χ3v) is 4.33. The van der Waals surface area contributed by atoms with Gasteiger partial charge in [-0.25, -0.2) is 0 Å². The van der Waals surface area contributed by atoms with E-state index >= 15 is 0 Å². The minimum atomic E-state index is -3.66. The Hall–Kier alpha value is -0.910. The molecule has 100 valence electrons. The molecule has 2 rings (SSSR count). The van der Waals surface area contributed by atoms with Crippen molar-refractivity contribution in [2.45, 2.75) is 43.8 Å². The zero-order valence-corrected chi connectivity index (χ0v) is 11.4. The molecule has 2 unspecified atom stereocenters. The second kappa shape index (κ2) is 5.38. The normalized spacial score (nSPS) is 24.3. The van der Waals surface area contributed by atoms with Crippen molar-refractivity contribution >= 4 is 10.1 Å². The number of hydrogen-bond acceptors (Lipinski definition) is 4. The molecule has 1 fully saturated rings. The van der Waals surface area contributed by atoms with Gasteiger partial charge in [0.15, 0.2) is 0 Å². The van der Waals surface area contributed by atoms with Crippen LogP contribution in [-0.2, 0) is 19.0 Å². The van der Waals surface area contributed by atoms with E-state index < -0.39 is 10.1 Å². The van der Waals surface area contributed by atoms with Crippen LogP contribution in [0, 0.1) is 6.92 Å². The fourth-order valence-corrected chi connectivity index (χ4v) is 2.88. The van der Waals surface area contributed by atoms with Crippen molar-refractivity contribution in [3.63, 3.8) is 0 Å². The molecule has 5 heteroatoms. The summed E-state index contributed by atoms with van der Waals surface area (Å²) in [6, 6.07) is 6.63. The standard InChI is InChI=1S/C13H18O4S/c1-10-3-7-13(8-4-10)18(14,15)16-9-12-6-5-11(2)17-12/h3-4,7-8,11-12H,5-6,9H2,1-2H3. The Bertz CT molecular complexity index is 492. The zero-order chi connectivity index (χ0) is 13.2. The molecular weight excluding hydrogens is 252 g/mol. The second-order valence-electron chi connectivity index (χ2n) is 4.70. The summed E-state index contributed by atoms with van der Waals surface area (Å²) in [5.74, 6) is 0. The van der Waals surface area contributed by atoms with Gasteiger partial charge >= 0.3 is 0 Å². The topological polar surface area (TPSA) is 52.6 Å². The van der Waals surface area contributed by atoms with Gasteiger partial charge < -0.3 is 4.74 Å². The SMILES string of the molecule is Cc1ccc(S(=O)(=O)OCC2CCC(C)O2)cc1. The van der Waals surface area contributed by atoms with Crippen LogP contribution in [0.3, 0.4) is 0 Å². The monoisotopic (exact) mass is 270 g/mol. The van der Waals surface area contributed by atoms with Gasteiger partial charge in [0.25, 0.3) is 10.1 Å². The van der Waals surface area contributed by atoms with Crippen molar-refractivity contribution in [2.24, 2.45) is 0 Å². The smallest absolute Gasteiger partial charge is 0.297 e. The predicted molar refractivity (Wildman–Crippen MR) is 67.9 cm³/mol. The summed E-state index contributed by atoms with van der Waals surface area (Å²) in [5.41, 5.74) is 1.02. The van der Waals surface area contributed by atoms with E-state index in [4.69, 9.17) is 8.92 Å². The minimum Gasteiger partial charge on any atom is -0.373 e. The highest BCUT2D eigenvalue weighted by atomic mass is 32.2. The summed E-state index contributed by atoms with van der Waals surface area (Å²) in [4.78, 5) is 0.194. The highest BCUT2D eigenvalue weighted by Gasteiger charge is 2.25. The molecule has 0 radical (unpaired) electrons. The number of hydrogen-bond donors (Lipinski definition) is 0. The Labute approximate surface area is 108 Å². The lowest BCUT2D eigenvalue weighted by Gasteiger charge is -2.11. The van der Waals surface area contributed by atoms with Crippen LogP contribution in [-0.4, -0.2) is 27.2 Å². The third-order valence-electron chi connectivity index (χ3n) is 3.04. The first kappa shape index (κ1) is 13.5. The maximum Gasteiger partial charge on any atom is 0.297 e. The van der Waals surface area contributed by atoms with E-state index in [1.54, 1.807) is 24.3 Å². The molecule has 1 heterocycles. The van der Waals surface area contributed by atoms with Crippen LogP contribution in [0.1, 0.15) is 25.3 Å². The maximum atomic E-state index is 11.9. The molecule has 0 saturated carbocycles. The summed E-state index contributed by atoms with van der Waals surface area (Å²) in [6.45, 7) is 3.99. The van der Waals surface area contributed by atoms with Crippen molar-refractivity contribution in [3.8, 4) is 0 Å². The first-order valence-corrected chi connectivity index (χ1v) is 7.50. The number of rotatable bonds is 4. The Morgan fingerprint density at radius 2 is 1.94 bits per heavy atom. The Balaban J connectivity index is 1.97. The molecule has 0 aromatic heterocycles. The lowest BCUT2D eigenvalue weighted by Crippen LogP contribution is -2.19. The molecule has 1 saturated heterocycles. The Morgan fingerprint density at radius 3 is 2.50 bits per heavy atom. The molecular formula is C13H18O4S. The third kappa shape index (κ3) is 3.31. The van der Waals surface area contributed by atoms with E-state index in [1.807, 2.05) is 13.8 Å². The first-order chi connectivity index (χ1) is 8.47. The van der Waals surface area contributed by atoms with Gasteiger partial charge in [0.05, 0.1) is 23.7 Å². The van der Waals surface area contributed by atoms with Crippen LogP contribution in [0.4, 0.5) is 0 Å². The van der Waals surface area contributed by atoms with Gasteiger partial charge in [0.2, 0.25) is 0 Å². The molecule has 1 aromatic rings. The zero-order valence-electron chi connectivity index (χ0n) is 10.6. The molecule has 0 spiro atoms. The Kier molecular flexibility index (Phi) is 4.04. The summed E-state index contributed by atoms with van der Waals surface area (Å²) < 4.78 is 34.4. The van der Waals surface area contributed by atoms with E-state index in [0.717, 1.165) is 18.4 Å². The summed E-state index contributed by atoms with van der Waals surface area (Å²) >= 11 is 0. The lowest BCUT2D eigenvalue weighted by molar-refractivity contribution is 0.0279. The van der Waals surface area contributed by atoms with Crippen molar-refractivity contribution < 1.29 is 17.3 Å². The minimum absolute atomic E-state index is 0.0978. The molecule has 4 nitrogen and oxygen atoms in total. The second-order valence-corrected chi connectivity index (χ2v) is 6.31. The average Bonchev–Trinajstić information content (AvgIpc) is 2.73. The molecule has 0 aliphatic carbocycles. The highest BCUT2D eigenvalue weighted by molar-refractivity contribution is 7.86. The van der Waals surface area contributed by atoms with Crippen LogP contribution in [0.2, 0.25) is 0 Å². The molecule has 0 amide bonds. The first-order valence-electron chi connectivity index (χ1n) is 6.09. The van der Waals surface area contributed by atoms with Gasteiger partial charge in [0, 0.05) is 0 Å². The van der Waals surface area contributed by atoms with Crippen molar-refractivity contribution in [1.29, 1.82) is 0 Å². The van der Waals surface area contributed by atoms with E-state index in [2.05, 4.69) is 0 Å². The maximum absolute atomic E-state index is 11.9. The predicted octanol–water partition coefficient (Wildman–Crippen LogP) is 2.27. The summed E-state index contributed by atoms with van der Waals surface area (Å²) in [7, 11) is -3.66. The van der Waals surface area contributed by atoms with E-state index in [-0.39, 0.29) is 23.7 Å². The van der Waals surface area contributed by atoms with E-state index in [0.29, 0.717) is 0 Å². The van der Waals surface area contributed by atoms with Gasteiger partial charge in [0.1, 0.15) is 0 Å². The fraction of sp³-hybridized carbons (Fsp3) is 0.538. The summed E-state index contributed by atoms with van der Waals surface area (Å²) in [5, 5.41) is 0. The average molecular weight is 270 g/mol. The molecule has 0 bridgehead atoms. The quantitative estimate of drug-likeness (QED) is 0.788. The van der Waals surface area contributed by atoms with Crippen LogP contribution in [0.25, 0.3) is 0 Å². The van der Waals surface area contributed by atoms with Gasteiger partial charge in [-0.3, -0.25) is 4.18 Å². The molecule has 1 aliphatic rings. The van der Waals surface area contributed by atoms with E-state index in [9.17, 15) is 8.42 Å². The molecule has 18 heavy (non-hydrogen) atoms. The Morgan fingerprint density at radius 1 is 1.28 bits per heavy atom. The number of ether oxygens (including phenoxy) is 1. The van der Waals surface area contributed by atoms with Crippen LogP contribution in [0.5, 0.6) is 0 Å². The largest absolute Gasteiger partial charge is 0.373 e. The lowest BCUT2D eigenvalue weighted by atomic mass is 10.2. The molecule has 2 atom stereocenters. The van der Waals surface area contributed by atoms with Crippen molar-refractivity contribution in [2.75, 3.05) is 6.61 Å². The van der Waals surface area contributed by atoms with Gasteiger partial charge in [-0.1, -0.05) is 17.7 Å². The molecule has 1 aromatic carbocycles.